The van der Waals surface area contributed by atoms with E-state index in [-0.39, 0.29) is 5.38 Å². The first kappa shape index (κ1) is 14.4. The molecule has 0 nitrogen and oxygen atoms in total. The summed E-state index contributed by atoms with van der Waals surface area (Å²) in [6.07, 6.45) is 0. The molecule has 0 bridgehead atoms. The summed E-state index contributed by atoms with van der Waals surface area (Å²) in [7, 11) is 0. The van der Waals surface area contributed by atoms with Gasteiger partial charge in [-0.1, -0.05) is 39.7 Å². The Morgan fingerprint density at radius 1 is 1.06 bits per heavy atom. The Morgan fingerprint density at radius 2 is 1.78 bits per heavy atom. The highest BCUT2D eigenvalue weighted by Gasteiger charge is 2.16. The number of alkyl halides is 1. The van der Waals surface area contributed by atoms with E-state index in [1.165, 1.54) is 20.3 Å². The molecule has 0 saturated carbocycles. The molecule has 0 aliphatic heterocycles. The third kappa shape index (κ3) is 3.09. The zero-order valence-electron chi connectivity index (χ0n) is 10.2. The van der Waals surface area contributed by atoms with E-state index in [9.17, 15) is 0 Å². The van der Waals surface area contributed by atoms with Crippen LogP contribution in [0.25, 0.3) is 0 Å². The van der Waals surface area contributed by atoms with Crippen LogP contribution in [-0.4, -0.2) is 0 Å². The van der Waals surface area contributed by atoms with Gasteiger partial charge in [-0.15, -0.1) is 11.6 Å². The Balaban J connectivity index is 2.50. The molecule has 0 fully saturated rings. The van der Waals surface area contributed by atoms with Crippen molar-refractivity contribution < 1.29 is 0 Å². The molecule has 0 heterocycles. The normalized spacial score (nSPS) is 12.5. The van der Waals surface area contributed by atoms with Crippen LogP contribution in [0, 0.1) is 17.4 Å². The van der Waals surface area contributed by atoms with Crippen LogP contribution in [-0.2, 0) is 0 Å². The van der Waals surface area contributed by atoms with E-state index in [0.717, 1.165) is 10.0 Å². The van der Waals surface area contributed by atoms with Gasteiger partial charge in [-0.2, -0.15) is 0 Å². The number of hydrogen-bond acceptors (Lipinski definition) is 0. The Morgan fingerprint density at radius 3 is 2.50 bits per heavy atom. The molecule has 1 atom stereocenters. The first-order valence-electron chi connectivity index (χ1n) is 5.65. The first-order chi connectivity index (χ1) is 8.49. The van der Waals surface area contributed by atoms with Gasteiger partial charge in [-0.05, 0) is 71.3 Å². The second kappa shape index (κ2) is 5.93. The fourth-order valence-electron chi connectivity index (χ4n) is 1.91. The minimum absolute atomic E-state index is 0.103. The van der Waals surface area contributed by atoms with Gasteiger partial charge >= 0.3 is 0 Å². The van der Waals surface area contributed by atoms with Crippen LogP contribution in [0.3, 0.4) is 0 Å². The van der Waals surface area contributed by atoms with Crippen molar-refractivity contribution in [1.82, 2.24) is 0 Å². The van der Waals surface area contributed by atoms with Crippen molar-refractivity contribution >= 4 is 50.1 Å². The first-order valence-corrected chi connectivity index (χ1v) is 7.96. The average molecular weight is 436 g/mol. The van der Waals surface area contributed by atoms with E-state index in [2.05, 4.69) is 82.7 Å². The molecule has 0 spiro atoms. The molecule has 2 rings (SSSR count). The van der Waals surface area contributed by atoms with Crippen LogP contribution >= 0.6 is 50.1 Å². The summed E-state index contributed by atoms with van der Waals surface area (Å²) in [6.45, 7) is 4.20. The Labute approximate surface area is 135 Å². The molecule has 2 aromatic rings. The van der Waals surface area contributed by atoms with Gasteiger partial charge < -0.3 is 0 Å². The van der Waals surface area contributed by atoms with Crippen LogP contribution in [0.1, 0.15) is 27.6 Å². The van der Waals surface area contributed by atoms with Crippen molar-refractivity contribution in [3.8, 4) is 0 Å². The van der Waals surface area contributed by atoms with Crippen molar-refractivity contribution in [3.05, 3.63) is 66.7 Å². The fourth-order valence-corrected chi connectivity index (χ4v) is 3.53. The summed E-state index contributed by atoms with van der Waals surface area (Å²) >= 11 is 12.5. The van der Waals surface area contributed by atoms with E-state index >= 15 is 0 Å². The lowest BCUT2D eigenvalue weighted by molar-refractivity contribution is 1.09. The molecule has 0 saturated heterocycles. The third-order valence-corrected chi connectivity index (χ3v) is 4.88. The Bertz CT molecular complexity index is 529. The summed E-state index contributed by atoms with van der Waals surface area (Å²) < 4.78 is 2.26. The molecule has 18 heavy (non-hydrogen) atoms. The molecule has 1 unspecified atom stereocenters. The number of halogens is 3. The predicted molar refractivity (Wildman–Crippen MR) is 90.5 cm³/mol. The largest absolute Gasteiger partial charge is 0.113 e. The number of rotatable bonds is 2. The lowest BCUT2D eigenvalue weighted by Gasteiger charge is -2.16. The molecule has 2 aromatic carbocycles. The summed E-state index contributed by atoms with van der Waals surface area (Å²) in [4.78, 5) is 0. The van der Waals surface area contributed by atoms with Gasteiger partial charge in [0.05, 0.1) is 5.38 Å². The van der Waals surface area contributed by atoms with Crippen molar-refractivity contribution in [2.45, 2.75) is 19.2 Å². The maximum Gasteiger partial charge on any atom is 0.0848 e. The van der Waals surface area contributed by atoms with Gasteiger partial charge in [0.2, 0.25) is 0 Å². The van der Waals surface area contributed by atoms with Gasteiger partial charge in [-0.25, -0.2) is 0 Å². The van der Waals surface area contributed by atoms with E-state index in [4.69, 9.17) is 11.6 Å². The van der Waals surface area contributed by atoms with Gasteiger partial charge in [0.25, 0.3) is 0 Å². The van der Waals surface area contributed by atoms with Gasteiger partial charge in [0.15, 0.2) is 0 Å². The molecule has 0 aliphatic rings. The molecule has 0 radical (unpaired) electrons. The summed E-state index contributed by atoms with van der Waals surface area (Å²) in [6, 6.07) is 12.6. The third-order valence-electron chi connectivity index (χ3n) is 2.94. The summed E-state index contributed by atoms with van der Waals surface area (Å²) in [5, 5.41) is -0.103. The lowest BCUT2D eigenvalue weighted by atomic mass is 9.98. The monoisotopic (exact) mass is 434 g/mol. The fraction of sp³-hybridized carbons (Fsp3) is 0.200. The van der Waals surface area contributed by atoms with E-state index < -0.39 is 0 Å². The quantitative estimate of drug-likeness (QED) is 0.401. The van der Waals surface area contributed by atoms with Crippen LogP contribution in [0.2, 0.25) is 0 Å². The molecule has 0 N–H and O–H groups in total. The van der Waals surface area contributed by atoms with E-state index in [1.54, 1.807) is 0 Å². The zero-order valence-corrected chi connectivity index (χ0v) is 14.7. The highest BCUT2D eigenvalue weighted by molar-refractivity contribution is 14.1. The number of hydrogen-bond donors (Lipinski definition) is 0. The zero-order chi connectivity index (χ0) is 13.3. The minimum atomic E-state index is -0.103. The van der Waals surface area contributed by atoms with Crippen molar-refractivity contribution in [2.75, 3.05) is 0 Å². The van der Waals surface area contributed by atoms with Crippen LogP contribution in [0.15, 0.2) is 40.9 Å². The Kier molecular flexibility index (Phi) is 4.73. The molecule has 94 valence electrons. The molecule has 0 amide bonds. The van der Waals surface area contributed by atoms with Crippen LogP contribution in [0.4, 0.5) is 0 Å². The highest BCUT2D eigenvalue weighted by Crippen LogP contribution is 2.35. The van der Waals surface area contributed by atoms with E-state index in [1.807, 2.05) is 6.07 Å². The second-order valence-electron chi connectivity index (χ2n) is 4.39. The lowest BCUT2D eigenvalue weighted by Crippen LogP contribution is -1.99. The number of benzene rings is 2. The van der Waals surface area contributed by atoms with Crippen molar-refractivity contribution in [1.29, 1.82) is 0 Å². The molecular formula is C15H13BrClI. The van der Waals surface area contributed by atoms with Crippen LogP contribution < -0.4 is 0 Å². The summed E-state index contributed by atoms with van der Waals surface area (Å²) in [5.74, 6) is 0. The topological polar surface area (TPSA) is 0 Å². The second-order valence-corrected chi connectivity index (χ2v) is 6.90. The standard InChI is InChI=1S/C15H13BrClI/c1-9-3-4-10(2)12(7-9)15(17)13-8-11(16)5-6-14(13)18/h3-8,15H,1-2H3. The van der Waals surface area contributed by atoms with Gasteiger partial charge in [0.1, 0.15) is 0 Å². The van der Waals surface area contributed by atoms with Crippen molar-refractivity contribution in [2.24, 2.45) is 0 Å². The maximum absolute atomic E-state index is 6.66. The SMILES string of the molecule is Cc1ccc(C)c(C(Cl)c2cc(Br)ccc2I)c1. The van der Waals surface area contributed by atoms with Gasteiger partial charge in [-0.3, -0.25) is 0 Å². The smallest absolute Gasteiger partial charge is 0.0848 e. The summed E-state index contributed by atoms with van der Waals surface area (Å²) in [5.41, 5.74) is 4.82. The minimum Gasteiger partial charge on any atom is -0.113 e. The predicted octanol–water partition coefficient (Wildman–Crippen LogP) is 6.00. The molecular weight excluding hydrogens is 422 g/mol. The average Bonchev–Trinajstić information content (AvgIpc) is 2.34. The number of aryl methyl sites for hydroxylation is 2. The van der Waals surface area contributed by atoms with Crippen LogP contribution in [0.5, 0.6) is 0 Å². The molecule has 3 heteroatoms. The molecule has 0 aliphatic carbocycles. The molecule has 0 aromatic heterocycles. The maximum atomic E-state index is 6.66. The highest BCUT2D eigenvalue weighted by atomic mass is 127. The van der Waals surface area contributed by atoms with E-state index in [0.29, 0.717) is 0 Å². The Hall–Kier alpha value is -0.0600. The van der Waals surface area contributed by atoms with Crippen molar-refractivity contribution in [3.63, 3.8) is 0 Å². The van der Waals surface area contributed by atoms with Gasteiger partial charge in [0, 0.05) is 8.04 Å².